The molecule has 2 rings (SSSR count). The first-order chi connectivity index (χ1) is 9.86. The van der Waals surface area contributed by atoms with E-state index in [4.69, 9.17) is 22.0 Å². The summed E-state index contributed by atoms with van der Waals surface area (Å²) in [4.78, 5) is 10.8. The van der Waals surface area contributed by atoms with Crippen LogP contribution in [0.4, 0.5) is 0 Å². The lowest BCUT2D eigenvalue weighted by molar-refractivity contribution is -0.137. The molecule has 1 unspecified atom stereocenters. The number of halogens is 1. The molecule has 6 nitrogen and oxygen atoms in total. The van der Waals surface area contributed by atoms with Gasteiger partial charge in [0.05, 0.1) is 21.9 Å². The van der Waals surface area contributed by atoms with Crippen LogP contribution in [0, 0.1) is 11.3 Å². The zero-order valence-corrected chi connectivity index (χ0v) is 12.6. The largest absolute Gasteiger partial charge is 0.481 e. The Hall–Kier alpha value is -1.62. The number of hydrogen-bond donors (Lipinski definition) is 1. The third-order valence-electron chi connectivity index (χ3n) is 3.40. The van der Waals surface area contributed by atoms with Gasteiger partial charge in [0, 0.05) is 12.6 Å². The highest BCUT2D eigenvalue weighted by atomic mass is 35.5. The molecule has 0 radical (unpaired) electrons. The van der Waals surface area contributed by atoms with Crippen LogP contribution in [0.2, 0.25) is 5.02 Å². The van der Waals surface area contributed by atoms with Gasteiger partial charge in [-0.1, -0.05) is 11.6 Å². The minimum absolute atomic E-state index is 0.0243. The highest BCUT2D eigenvalue weighted by Crippen LogP contribution is 2.29. The van der Waals surface area contributed by atoms with E-state index in [0.717, 1.165) is 0 Å². The maximum absolute atomic E-state index is 12.6. The van der Waals surface area contributed by atoms with Crippen LogP contribution < -0.4 is 0 Å². The minimum Gasteiger partial charge on any atom is -0.481 e. The fourth-order valence-electron chi connectivity index (χ4n) is 2.41. The van der Waals surface area contributed by atoms with Crippen LogP contribution in [-0.4, -0.2) is 36.4 Å². The number of carboxylic acids is 1. The number of sulfonamides is 1. The van der Waals surface area contributed by atoms with E-state index in [1.807, 2.05) is 6.07 Å². The summed E-state index contributed by atoms with van der Waals surface area (Å²) in [7, 11) is -3.80. The summed E-state index contributed by atoms with van der Waals surface area (Å²) in [6.45, 7) is 0.290. The van der Waals surface area contributed by atoms with Gasteiger partial charge in [-0.15, -0.1) is 0 Å². The normalized spacial score (nSPS) is 19.3. The topological polar surface area (TPSA) is 98.5 Å². The predicted octanol–water partition coefficient (Wildman–Crippen LogP) is 1.84. The number of carboxylic acid groups (broad SMARTS) is 1. The summed E-state index contributed by atoms with van der Waals surface area (Å²) >= 11 is 5.86. The summed E-state index contributed by atoms with van der Waals surface area (Å²) in [5.74, 6) is -1.03. The van der Waals surface area contributed by atoms with E-state index in [1.165, 1.54) is 22.5 Å². The number of nitrogens with zero attached hydrogens (tertiary/aromatic N) is 2. The Bertz CT molecular complexity index is 711. The van der Waals surface area contributed by atoms with Gasteiger partial charge in [-0.25, -0.2) is 8.42 Å². The lowest BCUT2D eigenvalue weighted by Crippen LogP contribution is -2.36. The summed E-state index contributed by atoms with van der Waals surface area (Å²) in [6.07, 6.45) is 0.931. The number of benzene rings is 1. The molecule has 0 spiro atoms. The molecule has 1 fully saturated rings. The molecule has 0 aliphatic carbocycles. The first-order valence-electron chi connectivity index (χ1n) is 6.29. The van der Waals surface area contributed by atoms with Crippen LogP contribution in [0.15, 0.2) is 23.1 Å². The van der Waals surface area contributed by atoms with Gasteiger partial charge in [-0.2, -0.15) is 9.57 Å². The summed E-state index contributed by atoms with van der Waals surface area (Å²) in [5, 5.41) is 17.7. The second-order valence-electron chi connectivity index (χ2n) is 4.76. The third-order valence-corrected chi connectivity index (χ3v) is 5.66. The van der Waals surface area contributed by atoms with Gasteiger partial charge >= 0.3 is 5.97 Å². The Morgan fingerprint density at radius 3 is 2.81 bits per heavy atom. The van der Waals surface area contributed by atoms with E-state index in [1.54, 1.807) is 0 Å². The van der Waals surface area contributed by atoms with Gasteiger partial charge in [0.25, 0.3) is 0 Å². The van der Waals surface area contributed by atoms with Crippen LogP contribution >= 0.6 is 11.6 Å². The molecule has 0 saturated carbocycles. The molecule has 0 amide bonds. The van der Waals surface area contributed by atoms with Crippen molar-refractivity contribution in [2.45, 2.75) is 30.2 Å². The quantitative estimate of drug-likeness (QED) is 0.909. The molecule has 1 aromatic rings. The predicted molar refractivity (Wildman–Crippen MR) is 75.3 cm³/mol. The van der Waals surface area contributed by atoms with Crippen molar-refractivity contribution in [1.82, 2.24) is 4.31 Å². The van der Waals surface area contributed by atoms with Crippen molar-refractivity contribution in [1.29, 1.82) is 5.26 Å². The van der Waals surface area contributed by atoms with Crippen molar-refractivity contribution >= 4 is 27.6 Å². The van der Waals surface area contributed by atoms with E-state index in [9.17, 15) is 13.2 Å². The molecular weight excluding hydrogens is 316 g/mol. The molecule has 1 N–H and O–H groups in total. The summed E-state index contributed by atoms with van der Waals surface area (Å²) in [6, 6.07) is 5.21. The van der Waals surface area contributed by atoms with Crippen LogP contribution in [0.25, 0.3) is 0 Å². The average Bonchev–Trinajstić information content (AvgIpc) is 2.86. The molecule has 1 saturated heterocycles. The molecule has 1 aliphatic rings. The molecule has 1 atom stereocenters. The fraction of sp³-hybridized carbons (Fsp3) is 0.385. The van der Waals surface area contributed by atoms with E-state index in [0.29, 0.717) is 12.8 Å². The third kappa shape index (κ3) is 3.18. The maximum atomic E-state index is 12.6. The smallest absolute Gasteiger partial charge is 0.304 e. The van der Waals surface area contributed by atoms with Crippen LogP contribution in [0.5, 0.6) is 0 Å². The maximum Gasteiger partial charge on any atom is 0.304 e. The van der Waals surface area contributed by atoms with Crippen LogP contribution in [0.1, 0.15) is 24.8 Å². The van der Waals surface area contributed by atoms with Crippen molar-refractivity contribution in [3.05, 3.63) is 28.8 Å². The van der Waals surface area contributed by atoms with Gasteiger partial charge in [0.1, 0.15) is 6.07 Å². The number of carbonyl (C=O) groups is 1. The van der Waals surface area contributed by atoms with Crippen molar-refractivity contribution in [3.63, 3.8) is 0 Å². The number of nitriles is 1. The molecule has 1 heterocycles. The first kappa shape index (κ1) is 15.8. The molecule has 112 valence electrons. The van der Waals surface area contributed by atoms with Crippen molar-refractivity contribution in [2.24, 2.45) is 0 Å². The second-order valence-corrected chi connectivity index (χ2v) is 7.06. The van der Waals surface area contributed by atoms with E-state index >= 15 is 0 Å². The van der Waals surface area contributed by atoms with E-state index < -0.39 is 22.0 Å². The Morgan fingerprint density at radius 2 is 2.24 bits per heavy atom. The summed E-state index contributed by atoms with van der Waals surface area (Å²) in [5.41, 5.74) is 0.194. The lowest BCUT2D eigenvalue weighted by Gasteiger charge is -2.23. The highest BCUT2D eigenvalue weighted by Gasteiger charge is 2.36. The van der Waals surface area contributed by atoms with Crippen LogP contribution in [-0.2, 0) is 14.8 Å². The average molecular weight is 329 g/mol. The molecular formula is C13H13ClN2O4S. The SMILES string of the molecule is N#Cc1ccc(S(=O)(=O)N2CCCC2CC(=O)O)cc1Cl. The van der Waals surface area contributed by atoms with Gasteiger partial charge in [-0.3, -0.25) is 4.79 Å². The number of rotatable bonds is 4. The Morgan fingerprint density at radius 1 is 1.52 bits per heavy atom. The fourth-order valence-corrected chi connectivity index (χ4v) is 4.42. The van der Waals surface area contributed by atoms with E-state index in [2.05, 4.69) is 0 Å². The molecule has 0 aromatic heterocycles. The standard InChI is InChI=1S/C13H13ClN2O4S/c14-12-7-11(4-3-9(12)8-15)21(19,20)16-5-1-2-10(16)6-13(17)18/h3-4,7,10H,1-2,5-6H2,(H,17,18). The molecule has 1 aliphatic heterocycles. The Balaban J connectivity index is 2.35. The Labute approximate surface area is 127 Å². The van der Waals surface area contributed by atoms with Gasteiger partial charge in [0.15, 0.2) is 0 Å². The number of aliphatic carboxylic acids is 1. The van der Waals surface area contributed by atoms with Crippen molar-refractivity contribution in [2.75, 3.05) is 6.54 Å². The van der Waals surface area contributed by atoms with E-state index in [-0.39, 0.29) is 28.4 Å². The molecule has 1 aromatic carbocycles. The monoisotopic (exact) mass is 328 g/mol. The van der Waals surface area contributed by atoms with Gasteiger partial charge in [0.2, 0.25) is 10.0 Å². The zero-order valence-electron chi connectivity index (χ0n) is 11.0. The highest BCUT2D eigenvalue weighted by molar-refractivity contribution is 7.89. The molecule has 0 bridgehead atoms. The minimum atomic E-state index is -3.80. The lowest BCUT2D eigenvalue weighted by atomic mass is 10.2. The summed E-state index contributed by atoms with van der Waals surface area (Å²) < 4.78 is 26.3. The van der Waals surface area contributed by atoms with Gasteiger partial charge < -0.3 is 5.11 Å². The molecule has 8 heteroatoms. The first-order valence-corrected chi connectivity index (χ1v) is 8.11. The van der Waals surface area contributed by atoms with Crippen LogP contribution in [0.3, 0.4) is 0 Å². The van der Waals surface area contributed by atoms with Gasteiger partial charge in [-0.05, 0) is 31.0 Å². The van der Waals surface area contributed by atoms with Crippen molar-refractivity contribution < 1.29 is 18.3 Å². The molecule has 21 heavy (non-hydrogen) atoms. The van der Waals surface area contributed by atoms with Crippen molar-refractivity contribution in [3.8, 4) is 6.07 Å². The number of hydrogen-bond acceptors (Lipinski definition) is 4. The Kier molecular flexibility index (Phi) is 4.52. The zero-order chi connectivity index (χ0) is 15.6. The second kappa shape index (κ2) is 6.02.